The summed E-state index contributed by atoms with van der Waals surface area (Å²) in [4.78, 5) is 0.113. The molecule has 0 fully saturated rings. The van der Waals surface area contributed by atoms with Crippen LogP contribution in [0.5, 0.6) is 5.75 Å². The molecule has 0 aliphatic heterocycles. The van der Waals surface area contributed by atoms with E-state index >= 15 is 0 Å². The number of hydrogen-bond donors (Lipinski definition) is 2. The molecule has 102 valence electrons. The first-order valence-electron chi connectivity index (χ1n) is 5.30. The molecule has 19 heavy (non-hydrogen) atoms. The summed E-state index contributed by atoms with van der Waals surface area (Å²) in [6.45, 7) is 1.64. The van der Waals surface area contributed by atoms with Gasteiger partial charge >= 0.3 is 0 Å². The number of rotatable bonds is 4. The molecule has 0 saturated carbocycles. The molecule has 0 aliphatic rings. The van der Waals surface area contributed by atoms with Crippen LogP contribution in [0.3, 0.4) is 0 Å². The lowest BCUT2D eigenvalue weighted by molar-refractivity contribution is 0.415. The third-order valence-electron chi connectivity index (χ3n) is 2.49. The van der Waals surface area contributed by atoms with Crippen LogP contribution in [0, 0.1) is 6.92 Å². The van der Waals surface area contributed by atoms with Crippen molar-refractivity contribution in [2.45, 2.75) is 11.8 Å². The van der Waals surface area contributed by atoms with E-state index in [0.29, 0.717) is 21.6 Å². The van der Waals surface area contributed by atoms with Gasteiger partial charge in [-0.1, -0.05) is 0 Å². The first-order chi connectivity index (χ1) is 8.94. The highest BCUT2D eigenvalue weighted by atomic mass is 79.9. The zero-order valence-electron chi connectivity index (χ0n) is 10.3. The van der Waals surface area contributed by atoms with Crippen LogP contribution in [-0.4, -0.2) is 25.7 Å². The molecule has 8 heteroatoms. The summed E-state index contributed by atoms with van der Waals surface area (Å²) in [5, 5.41) is 6.30. The predicted octanol–water partition coefficient (Wildman–Crippen LogP) is 2.29. The minimum atomic E-state index is -3.68. The average molecular weight is 346 g/mol. The highest BCUT2D eigenvalue weighted by Crippen LogP contribution is 2.29. The molecule has 2 rings (SSSR count). The van der Waals surface area contributed by atoms with Gasteiger partial charge in [-0.2, -0.15) is 5.10 Å². The van der Waals surface area contributed by atoms with E-state index in [-0.39, 0.29) is 4.90 Å². The molecule has 0 aliphatic carbocycles. The van der Waals surface area contributed by atoms with Crippen molar-refractivity contribution in [2.75, 3.05) is 11.8 Å². The second kappa shape index (κ2) is 5.22. The summed E-state index contributed by atoms with van der Waals surface area (Å²) >= 11 is 3.29. The Hall–Kier alpha value is -1.54. The van der Waals surface area contributed by atoms with E-state index in [1.807, 2.05) is 0 Å². The molecule has 1 aromatic carbocycles. The van der Waals surface area contributed by atoms with Crippen LogP contribution >= 0.6 is 15.9 Å². The van der Waals surface area contributed by atoms with Gasteiger partial charge in [0.05, 0.1) is 24.7 Å². The van der Waals surface area contributed by atoms with Gasteiger partial charge in [-0.15, -0.1) is 0 Å². The molecule has 6 nitrogen and oxygen atoms in total. The van der Waals surface area contributed by atoms with E-state index in [9.17, 15) is 8.42 Å². The molecule has 0 amide bonds. The third kappa shape index (κ3) is 2.90. The smallest absolute Gasteiger partial charge is 0.265 e. The van der Waals surface area contributed by atoms with Crippen molar-refractivity contribution in [1.82, 2.24) is 10.2 Å². The number of nitrogens with zero attached hydrogens (tertiary/aromatic N) is 1. The number of aryl methyl sites for hydroxylation is 1. The topological polar surface area (TPSA) is 84.1 Å². The number of halogens is 1. The van der Waals surface area contributed by atoms with Crippen molar-refractivity contribution in [2.24, 2.45) is 0 Å². The Kier molecular flexibility index (Phi) is 3.81. The van der Waals surface area contributed by atoms with Gasteiger partial charge < -0.3 is 4.74 Å². The summed E-state index contributed by atoms with van der Waals surface area (Å²) in [5.41, 5.74) is 0.881. The SMILES string of the molecule is COc1ccc(Br)c(NS(=O)(=O)c2cn[nH]c2C)c1. The first-order valence-corrected chi connectivity index (χ1v) is 7.58. The molecule has 0 spiro atoms. The Morgan fingerprint density at radius 3 is 2.74 bits per heavy atom. The molecule has 2 N–H and O–H groups in total. The molecule has 0 atom stereocenters. The minimum Gasteiger partial charge on any atom is -0.497 e. The van der Waals surface area contributed by atoms with Crippen molar-refractivity contribution in [3.8, 4) is 5.75 Å². The number of nitrogens with one attached hydrogen (secondary N) is 2. The Labute approximate surface area is 119 Å². The first kappa shape index (κ1) is 13.9. The van der Waals surface area contributed by atoms with E-state index in [1.165, 1.54) is 13.3 Å². The summed E-state index contributed by atoms with van der Waals surface area (Å²) in [5.74, 6) is 0.560. The molecule has 1 heterocycles. The molecule has 0 radical (unpaired) electrons. The van der Waals surface area contributed by atoms with Crippen LogP contribution in [0.4, 0.5) is 5.69 Å². The van der Waals surface area contributed by atoms with Crippen molar-refractivity contribution in [1.29, 1.82) is 0 Å². The highest BCUT2D eigenvalue weighted by molar-refractivity contribution is 9.10. The van der Waals surface area contributed by atoms with Gasteiger partial charge in [0.1, 0.15) is 10.6 Å². The maximum atomic E-state index is 12.2. The van der Waals surface area contributed by atoms with Crippen LogP contribution in [0.2, 0.25) is 0 Å². The number of hydrogen-bond acceptors (Lipinski definition) is 4. The monoisotopic (exact) mass is 345 g/mol. The quantitative estimate of drug-likeness (QED) is 0.890. The largest absolute Gasteiger partial charge is 0.497 e. The molecule has 2 aromatic rings. The predicted molar refractivity (Wildman–Crippen MR) is 74.8 cm³/mol. The minimum absolute atomic E-state index is 0.113. The van der Waals surface area contributed by atoms with Crippen molar-refractivity contribution in [3.63, 3.8) is 0 Å². The van der Waals surface area contributed by atoms with Crippen LogP contribution < -0.4 is 9.46 Å². The average Bonchev–Trinajstić information content (AvgIpc) is 2.79. The number of aromatic nitrogens is 2. The summed E-state index contributed by atoms with van der Waals surface area (Å²) in [6.07, 6.45) is 1.27. The maximum Gasteiger partial charge on any atom is 0.265 e. The van der Waals surface area contributed by atoms with Gasteiger partial charge in [0.25, 0.3) is 10.0 Å². The van der Waals surface area contributed by atoms with Crippen molar-refractivity contribution < 1.29 is 13.2 Å². The number of anilines is 1. The van der Waals surface area contributed by atoms with Crippen LogP contribution in [-0.2, 0) is 10.0 Å². The summed E-state index contributed by atoms with van der Waals surface area (Å²) in [7, 11) is -2.16. The lowest BCUT2D eigenvalue weighted by Crippen LogP contribution is -2.13. The van der Waals surface area contributed by atoms with E-state index in [4.69, 9.17) is 4.74 Å². The Morgan fingerprint density at radius 1 is 1.42 bits per heavy atom. The number of aromatic amines is 1. The van der Waals surface area contributed by atoms with Crippen LogP contribution in [0.1, 0.15) is 5.69 Å². The fourth-order valence-electron chi connectivity index (χ4n) is 1.52. The molecular weight excluding hydrogens is 334 g/mol. The standard InChI is InChI=1S/C11H12BrN3O3S/c1-7-11(6-13-14-7)19(16,17)15-10-5-8(18-2)3-4-9(10)12/h3-6,15H,1-2H3,(H,13,14). The second-order valence-electron chi connectivity index (χ2n) is 3.81. The number of ether oxygens (including phenoxy) is 1. The molecule has 0 unspecified atom stereocenters. The fraction of sp³-hybridized carbons (Fsp3) is 0.182. The van der Waals surface area contributed by atoms with E-state index in [2.05, 4.69) is 30.8 Å². The van der Waals surface area contributed by atoms with Gasteiger partial charge in [-0.25, -0.2) is 8.42 Å². The highest BCUT2D eigenvalue weighted by Gasteiger charge is 2.19. The van der Waals surface area contributed by atoms with Crippen LogP contribution in [0.15, 0.2) is 33.8 Å². The normalized spacial score (nSPS) is 11.3. The van der Waals surface area contributed by atoms with Gasteiger partial charge in [-0.3, -0.25) is 9.82 Å². The summed E-state index contributed by atoms with van der Waals surface area (Å²) in [6, 6.07) is 5.03. The Balaban J connectivity index is 2.38. The van der Waals surface area contributed by atoms with E-state index < -0.39 is 10.0 Å². The second-order valence-corrected chi connectivity index (χ2v) is 6.32. The number of H-pyrrole nitrogens is 1. The Morgan fingerprint density at radius 2 is 2.16 bits per heavy atom. The maximum absolute atomic E-state index is 12.2. The number of methoxy groups -OCH3 is 1. The zero-order valence-corrected chi connectivity index (χ0v) is 12.7. The Bertz CT molecular complexity index is 697. The molecule has 1 aromatic heterocycles. The summed E-state index contributed by atoms with van der Waals surface area (Å²) < 4.78 is 32.6. The van der Waals surface area contributed by atoms with Crippen LogP contribution in [0.25, 0.3) is 0 Å². The van der Waals surface area contributed by atoms with Gasteiger partial charge in [-0.05, 0) is 35.0 Å². The zero-order chi connectivity index (χ0) is 14.0. The fourth-order valence-corrected chi connectivity index (χ4v) is 3.21. The van der Waals surface area contributed by atoms with Gasteiger partial charge in [0, 0.05) is 10.5 Å². The van der Waals surface area contributed by atoms with Crippen molar-refractivity contribution in [3.05, 3.63) is 34.6 Å². The lowest BCUT2D eigenvalue weighted by Gasteiger charge is -2.10. The van der Waals surface area contributed by atoms with Crippen molar-refractivity contribution >= 4 is 31.6 Å². The number of benzene rings is 1. The molecular formula is C11H12BrN3O3S. The van der Waals surface area contributed by atoms with E-state index in [1.54, 1.807) is 25.1 Å². The molecule has 0 saturated heterocycles. The lowest BCUT2D eigenvalue weighted by atomic mass is 10.3. The van der Waals surface area contributed by atoms with Gasteiger partial charge in [0.2, 0.25) is 0 Å². The molecule has 0 bridgehead atoms. The third-order valence-corrected chi connectivity index (χ3v) is 4.66. The number of sulfonamides is 1. The van der Waals surface area contributed by atoms with Gasteiger partial charge in [0.15, 0.2) is 0 Å². The van der Waals surface area contributed by atoms with E-state index in [0.717, 1.165) is 0 Å².